The van der Waals surface area contributed by atoms with Gasteiger partial charge >= 0.3 is 0 Å². The zero-order chi connectivity index (χ0) is 12.3. The minimum Gasteiger partial charge on any atom is -0.467 e. The Morgan fingerprint density at radius 1 is 1.47 bits per heavy atom. The smallest absolute Gasteiger partial charge is 0.123 e. The first-order valence-corrected chi connectivity index (χ1v) is 6.99. The van der Waals surface area contributed by atoms with Crippen molar-refractivity contribution in [2.45, 2.75) is 52.5 Å². The van der Waals surface area contributed by atoms with E-state index in [1.165, 1.54) is 31.2 Å². The number of nitrogens with one attached hydrogen (secondary N) is 1. The normalized spacial score (nSPS) is 27.0. The highest BCUT2D eigenvalue weighted by Crippen LogP contribution is 2.38. The Morgan fingerprint density at radius 2 is 2.29 bits per heavy atom. The Balaban J connectivity index is 2.14. The second kappa shape index (κ2) is 5.72. The number of hydrogen-bond donors (Lipinski definition) is 1. The third-order valence-corrected chi connectivity index (χ3v) is 4.06. The molecule has 1 aromatic heterocycles. The van der Waals surface area contributed by atoms with Crippen LogP contribution in [0.4, 0.5) is 0 Å². The Bertz CT molecular complexity index is 344. The van der Waals surface area contributed by atoms with Crippen LogP contribution in [0.2, 0.25) is 0 Å². The second-order valence-electron chi connectivity index (χ2n) is 5.54. The number of aryl methyl sites for hydroxylation is 1. The average Bonchev–Trinajstić information content (AvgIpc) is 2.72. The van der Waals surface area contributed by atoms with Crippen LogP contribution < -0.4 is 5.32 Å². The maximum atomic E-state index is 5.70. The van der Waals surface area contributed by atoms with E-state index in [1.54, 1.807) is 0 Å². The van der Waals surface area contributed by atoms with Gasteiger partial charge in [-0.1, -0.05) is 26.7 Å². The van der Waals surface area contributed by atoms with E-state index >= 15 is 0 Å². The van der Waals surface area contributed by atoms with E-state index in [9.17, 15) is 0 Å². The van der Waals surface area contributed by atoms with E-state index in [0.717, 1.165) is 24.1 Å². The van der Waals surface area contributed by atoms with Crippen LogP contribution in [0.15, 0.2) is 16.7 Å². The van der Waals surface area contributed by atoms with Crippen molar-refractivity contribution in [1.82, 2.24) is 5.32 Å². The lowest BCUT2D eigenvalue weighted by Crippen LogP contribution is -2.31. The molecular weight excluding hydrogens is 210 g/mol. The summed E-state index contributed by atoms with van der Waals surface area (Å²) in [6.45, 7) is 7.72. The second-order valence-corrected chi connectivity index (χ2v) is 5.54. The zero-order valence-corrected chi connectivity index (χ0v) is 11.3. The lowest BCUT2D eigenvalue weighted by Gasteiger charge is -2.33. The van der Waals surface area contributed by atoms with Gasteiger partial charge in [0, 0.05) is 0 Å². The highest BCUT2D eigenvalue weighted by Gasteiger charge is 2.29. The molecule has 1 aromatic rings. The predicted octanol–water partition coefficient (Wildman–Crippen LogP) is 4.06. The predicted molar refractivity (Wildman–Crippen MR) is 71.0 cm³/mol. The fraction of sp³-hybridized carbons (Fsp3) is 0.733. The van der Waals surface area contributed by atoms with Gasteiger partial charge in [0.1, 0.15) is 5.76 Å². The monoisotopic (exact) mass is 235 g/mol. The Morgan fingerprint density at radius 3 is 2.88 bits per heavy atom. The molecule has 1 aliphatic carbocycles. The molecule has 2 rings (SSSR count). The number of furan rings is 1. The van der Waals surface area contributed by atoms with Gasteiger partial charge in [0.2, 0.25) is 0 Å². The first-order chi connectivity index (χ1) is 8.22. The summed E-state index contributed by atoms with van der Waals surface area (Å²) in [6, 6.07) is 2.49. The van der Waals surface area contributed by atoms with Crippen molar-refractivity contribution < 1.29 is 4.42 Å². The van der Waals surface area contributed by atoms with Gasteiger partial charge in [0.25, 0.3) is 0 Å². The van der Waals surface area contributed by atoms with Gasteiger partial charge in [0.15, 0.2) is 0 Å². The van der Waals surface area contributed by atoms with Crippen molar-refractivity contribution in [2.24, 2.45) is 11.8 Å². The third-order valence-electron chi connectivity index (χ3n) is 4.06. The lowest BCUT2D eigenvalue weighted by molar-refractivity contribution is 0.206. The summed E-state index contributed by atoms with van der Waals surface area (Å²) in [5.74, 6) is 2.76. The van der Waals surface area contributed by atoms with Crippen LogP contribution in [-0.2, 0) is 0 Å². The first kappa shape index (κ1) is 12.7. The fourth-order valence-corrected chi connectivity index (χ4v) is 3.18. The van der Waals surface area contributed by atoms with Gasteiger partial charge in [-0.3, -0.25) is 0 Å². The molecular formula is C15H25NO. The van der Waals surface area contributed by atoms with E-state index < -0.39 is 0 Å². The molecule has 1 aliphatic rings. The lowest BCUT2D eigenvalue weighted by atomic mass is 9.77. The molecule has 2 heteroatoms. The minimum absolute atomic E-state index is 0.415. The molecule has 1 N–H and O–H groups in total. The molecule has 0 bridgehead atoms. The SMILES string of the molecule is CCNC(c1occc1C)C1CCCC(C)C1. The Hall–Kier alpha value is -0.760. The number of rotatable bonds is 4. The topological polar surface area (TPSA) is 25.2 Å². The molecule has 1 heterocycles. The molecule has 0 radical (unpaired) electrons. The number of hydrogen-bond acceptors (Lipinski definition) is 2. The zero-order valence-electron chi connectivity index (χ0n) is 11.3. The molecule has 0 aromatic carbocycles. The minimum atomic E-state index is 0.415. The van der Waals surface area contributed by atoms with E-state index in [0.29, 0.717) is 6.04 Å². The van der Waals surface area contributed by atoms with Crippen LogP contribution >= 0.6 is 0 Å². The quantitative estimate of drug-likeness (QED) is 0.851. The maximum Gasteiger partial charge on any atom is 0.123 e. The molecule has 0 saturated heterocycles. The van der Waals surface area contributed by atoms with Crippen molar-refractivity contribution in [1.29, 1.82) is 0 Å². The molecule has 2 nitrogen and oxygen atoms in total. The van der Waals surface area contributed by atoms with E-state index in [1.807, 2.05) is 6.26 Å². The molecule has 0 spiro atoms. The summed E-state index contributed by atoms with van der Waals surface area (Å²) in [4.78, 5) is 0. The molecule has 3 unspecified atom stereocenters. The summed E-state index contributed by atoms with van der Waals surface area (Å²) in [6.07, 6.45) is 7.25. The average molecular weight is 235 g/mol. The summed E-state index contributed by atoms with van der Waals surface area (Å²) >= 11 is 0. The highest BCUT2D eigenvalue weighted by molar-refractivity contribution is 5.19. The summed E-state index contributed by atoms with van der Waals surface area (Å²) < 4.78 is 5.70. The van der Waals surface area contributed by atoms with Crippen molar-refractivity contribution in [3.05, 3.63) is 23.7 Å². The molecule has 1 saturated carbocycles. The van der Waals surface area contributed by atoms with Crippen LogP contribution in [0, 0.1) is 18.8 Å². The van der Waals surface area contributed by atoms with E-state index in [2.05, 4.69) is 32.2 Å². The van der Waals surface area contributed by atoms with Gasteiger partial charge in [-0.2, -0.15) is 0 Å². The maximum absolute atomic E-state index is 5.70. The van der Waals surface area contributed by atoms with Gasteiger partial charge in [0.05, 0.1) is 12.3 Å². The first-order valence-electron chi connectivity index (χ1n) is 6.99. The molecule has 3 atom stereocenters. The molecule has 17 heavy (non-hydrogen) atoms. The van der Waals surface area contributed by atoms with Gasteiger partial charge in [-0.25, -0.2) is 0 Å². The summed E-state index contributed by atoms with van der Waals surface area (Å²) in [5, 5.41) is 3.62. The standard InChI is InChI=1S/C15H25NO/c1-4-16-14(15-12(3)8-9-17-15)13-7-5-6-11(2)10-13/h8-9,11,13-14,16H,4-7,10H2,1-3H3. The highest BCUT2D eigenvalue weighted by atomic mass is 16.3. The van der Waals surface area contributed by atoms with E-state index in [4.69, 9.17) is 4.42 Å². The fourth-order valence-electron chi connectivity index (χ4n) is 3.18. The van der Waals surface area contributed by atoms with Crippen LogP contribution in [0.3, 0.4) is 0 Å². The van der Waals surface area contributed by atoms with Gasteiger partial charge < -0.3 is 9.73 Å². The third kappa shape index (κ3) is 2.92. The van der Waals surface area contributed by atoms with Gasteiger partial charge in [-0.15, -0.1) is 0 Å². The Kier molecular flexibility index (Phi) is 4.27. The summed E-state index contributed by atoms with van der Waals surface area (Å²) in [7, 11) is 0. The molecule has 96 valence electrons. The van der Waals surface area contributed by atoms with E-state index in [-0.39, 0.29) is 0 Å². The van der Waals surface area contributed by atoms with Crippen LogP contribution in [0.1, 0.15) is 56.9 Å². The van der Waals surface area contributed by atoms with Crippen molar-refractivity contribution >= 4 is 0 Å². The van der Waals surface area contributed by atoms with Crippen LogP contribution in [-0.4, -0.2) is 6.54 Å². The largest absolute Gasteiger partial charge is 0.467 e. The molecule has 1 fully saturated rings. The van der Waals surface area contributed by atoms with Crippen LogP contribution in [0.25, 0.3) is 0 Å². The van der Waals surface area contributed by atoms with Crippen molar-refractivity contribution in [2.75, 3.05) is 6.54 Å². The molecule has 0 aliphatic heterocycles. The molecule has 0 amide bonds. The van der Waals surface area contributed by atoms with Crippen molar-refractivity contribution in [3.8, 4) is 0 Å². The van der Waals surface area contributed by atoms with Crippen molar-refractivity contribution in [3.63, 3.8) is 0 Å². The summed E-state index contributed by atoms with van der Waals surface area (Å²) in [5.41, 5.74) is 1.29. The van der Waals surface area contributed by atoms with Gasteiger partial charge in [-0.05, 0) is 49.8 Å². The Labute approximate surface area is 105 Å². The van der Waals surface area contributed by atoms with Crippen LogP contribution in [0.5, 0.6) is 0 Å².